The number of benzene rings is 1. The van der Waals surface area contributed by atoms with Crippen molar-refractivity contribution in [3.8, 4) is 11.5 Å². The highest BCUT2D eigenvalue weighted by molar-refractivity contribution is 7.99. The summed E-state index contributed by atoms with van der Waals surface area (Å²) in [6.45, 7) is 26.7. The Kier molecular flexibility index (Phi) is 22.0. The van der Waals surface area contributed by atoms with Crippen LogP contribution >= 0.6 is 11.8 Å². The van der Waals surface area contributed by atoms with Crippen LogP contribution in [0.2, 0.25) is 0 Å². The van der Waals surface area contributed by atoms with E-state index in [9.17, 15) is 19.2 Å². The largest absolute Gasteiger partial charge is 0.493 e. The third-order valence-corrected chi connectivity index (χ3v) is 16.2. The number of rotatable bonds is 13. The molecule has 0 aliphatic heterocycles. The summed E-state index contributed by atoms with van der Waals surface area (Å²) < 4.78 is 16.2. The molecule has 1 N–H and O–H groups in total. The molecule has 65 heavy (non-hydrogen) atoms. The number of carbonyl (C=O) groups excluding carboxylic acids is 4. The van der Waals surface area contributed by atoms with E-state index in [1.165, 1.54) is 37.3 Å². The molecule has 0 spiro atoms. The van der Waals surface area contributed by atoms with Crippen molar-refractivity contribution in [1.29, 1.82) is 0 Å². The number of esters is 1. The predicted octanol–water partition coefficient (Wildman–Crippen LogP) is 12.7. The van der Waals surface area contributed by atoms with Gasteiger partial charge in [-0.25, -0.2) is 5.43 Å². The molecule has 10 heteroatoms. The Balaban J connectivity index is 0.000000325. The standard InChI is InChI=1S/C30H44O4.C20H26N2O3S.C3H8.C2H6/c1-17-22-9-13-30(6)23-8-12-28(4)11-7-20(18(2)31)15-24(28)21(23)16-25(33)27(30)29(22,5)14-10-26(17)34-19(3)32;1-5-6-7-9-16(2)12-13-26-15-19(23)22-21-14-17-10-8-11-18(24-3)20(17)25-4;1-3-2;1-2/h16-17,20,22-24,26-27H,7-15H2,1-6H3;5-11,14H,1,12-13,15H2,2-4H3,(H,22,23);3H2,1-2H3;1-2H3/b;7-6-,16-9-,21-14+;;/t17?,20?,22?,23?,24?,26-,27?,28+,29?,30?;;;/m0.../s1. The molecule has 4 fully saturated rings. The number of hydrogen-bond acceptors (Lipinski definition) is 9. The first-order valence-electron chi connectivity index (χ1n) is 24.4. The third kappa shape index (κ3) is 13.6. The Labute approximate surface area is 397 Å². The number of Topliss-reactive ketones (excluding diaryl/α,β-unsaturated/α-hetero) is 1. The number of nitrogens with zero attached hydrogens (tertiary/aromatic N) is 1. The molecule has 10 atom stereocenters. The van der Waals surface area contributed by atoms with Crippen LogP contribution in [-0.2, 0) is 23.9 Å². The van der Waals surface area contributed by atoms with Crippen molar-refractivity contribution < 1.29 is 33.4 Å². The summed E-state index contributed by atoms with van der Waals surface area (Å²) in [5.74, 6) is 4.50. The Morgan fingerprint density at radius 3 is 2.23 bits per heavy atom. The second-order valence-electron chi connectivity index (χ2n) is 19.6. The minimum atomic E-state index is -0.191. The minimum absolute atomic E-state index is 0.00902. The van der Waals surface area contributed by atoms with E-state index in [1.807, 2.05) is 44.2 Å². The smallest absolute Gasteiger partial charge is 0.302 e. The van der Waals surface area contributed by atoms with Gasteiger partial charge in [0.15, 0.2) is 17.3 Å². The zero-order chi connectivity index (χ0) is 48.5. The fraction of sp³-hybridized carbons (Fsp3) is 0.655. The van der Waals surface area contributed by atoms with Gasteiger partial charge >= 0.3 is 5.97 Å². The third-order valence-electron chi connectivity index (χ3n) is 15.2. The van der Waals surface area contributed by atoms with E-state index in [-0.39, 0.29) is 52.0 Å². The number of amides is 1. The first-order chi connectivity index (χ1) is 30.9. The lowest BCUT2D eigenvalue weighted by atomic mass is 9.38. The maximum atomic E-state index is 14.1. The highest BCUT2D eigenvalue weighted by Crippen LogP contribution is 2.69. The first-order valence-corrected chi connectivity index (χ1v) is 25.6. The van der Waals surface area contributed by atoms with Crippen molar-refractivity contribution in [1.82, 2.24) is 5.43 Å². The average Bonchev–Trinajstić information content (AvgIpc) is 3.26. The van der Waals surface area contributed by atoms with Crippen LogP contribution in [0.3, 0.4) is 0 Å². The van der Waals surface area contributed by atoms with Gasteiger partial charge in [-0.05, 0) is 142 Å². The number of nitrogens with one attached hydrogen (secondary N) is 1. The Morgan fingerprint density at radius 1 is 0.923 bits per heavy atom. The van der Waals surface area contributed by atoms with Crippen molar-refractivity contribution >= 4 is 41.4 Å². The zero-order valence-corrected chi connectivity index (χ0v) is 43.2. The summed E-state index contributed by atoms with van der Waals surface area (Å²) >= 11 is 1.57. The zero-order valence-electron chi connectivity index (χ0n) is 42.4. The van der Waals surface area contributed by atoms with Crippen LogP contribution in [0.1, 0.15) is 152 Å². The number of ether oxygens (including phenoxy) is 3. The van der Waals surface area contributed by atoms with Crippen molar-refractivity contribution in [2.75, 3.05) is 25.7 Å². The maximum absolute atomic E-state index is 14.1. The normalized spacial score (nSPS) is 31.3. The molecule has 0 bridgehead atoms. The van der Waals surface area contributed by atoms with Gasteiger partial charge in [-0.3, -0.25) is 19.2 Å². The van der Waals surface area contributed by atoms with Crippen LogP contribution in [0.15, 0.2) is 71.4 Å². The van der Waals surface area contributed by atoms with Gasteiger partial charge in [0.1, 0.15) is 11.9 Å². The number of ketones is 2. The number of fused-ring (bicyclic) bond motifs is 7. The molecule has 1 amide bonds. The van der Waals surface area contributed by atoms with Gasteiger partial charge in [-0.15, -0.1) is 0 Å². The van der Waals surface area contributed by atoms with Crippen molar-refractivity contribution in [2.24, 2.45) is 56.9 Å². The van der Waals surface area contributed by atoms with E-state index < -0.39 is 0 Å². The molecular formula is C55H84N2O7S. The van der Waals surface area contributed by atoms with Crippen LogP contribution in [0.25, 0.3) is 0 Å². The summed E-state index contributed by atoms with van der Waals surface area (Å²) in [6, 6.07) is 5.47. The SMILES string of the molecule is C=C/C=C\C=C(\C)CCSCC(=O)N/N=C/c1cccc(OC)c1OC.CC.CC(=O)O[C@H]1CCC2(C)C(CCC3(C)C4CC[C@@]5(C)CCC(C(C)=O)CC5C4=CC(=O)C32)C1C.CCC. The number of carbonyl (C=O) groups is 4. The number of para-hydroxylation sites is 1. The van der Waals surface area contributed by atoms with Gasteiger partial charge in [-0.1, -0.05) is 110 Å². The van der Waals surface area contributed by atoms with E-state index in [2.05, 4.69) is 71.6 Å². The molecule has 0 heterocycles. The highest BCUT2D eigenvalue weighted by Gasteiger charge is 2.65. The van der Waals surface area contributed by atoms with Gasteiger partial charge in [-0.2, -0.15) is 16.9 Å². The molecular weight excluding hydrogens is 833 g/mol. The Morgan fingerprint density at radius 2 is 1.60 bits per heavy atom. The molecule has 362 valence electrons. The van der Waals surface area contributed by atoms with Gasteiger partial charge in [0.25, 0.3) is 0 Å². The maximum Gasteiger partial charge on any atom is 0.302 e. The molecule has 9 nitrogen and oxygen atoms in total. The van der Waals surface area contributed by atoms with Crippen LogP contribution in [0, 0.1) is 51.8 Å². The molecule has 5 aliphatic carbocycles. The quantitative estimate of drug-likeness (QED) is 0.0683. The Bertz CT molecular complexity index is 1900. The number of methoxy groups -OCH3 is 2. The predicted molar refractivity (Wildman–Crippen MR) is 269 cm³/mol. The molecule has 4 saturated carbocycles. The molecule has 0 saturated heterocycles. The number of hydrogen-bond donors (Lipinski definition) is 1. The fourth-order valence-electron chi connectivity index (χ4n) is 12.1. The van der Waals surface area contributed by atoms with Gasteiger partial charge in [0.2, 0.25) is 5.91 Å². The van der Waals surface area contributed by atoms with Crippen LogP contribution in [0.5, 0.6) is 11.5 Å². The molecule has 0 radical (unpaired) electrons. The summed E-state index contributed by atoms with van der Waals surface area (Å²) in [6.07, 6.45) is 22.9. The lowest BCUT2D eigenvalue weighted by Crippen LogP contribution is -2.62. The molecule has 5 aliphatic rings. The molecule has 1 aromatic rings. The van der Waals surface area contributed by atoms with E-state index in [0.29, 0.717) is 46.6 Å². The van der Waals surface area contributed by atoms with Gasteiger partial charge in [0, 0.05) is 24.3 Å². The monoisotopic (exact) mass is 917 g/mol. The highest BCUT2D eigenvalue weighted by atomic mass is 32.2. The van der Waals surface area contributed by atoms with Crippen LogP contribution in [-0.4, -0.2) is 61.5 Å². The summed E-state index contributed by atoms with van der Waals surface area (Å²) in [4.78, 5) is 49.9. The molecule has 0 aromatic heterocycles. The molecule has 1 aromatic carbocycles. The van der Waals surface area contributed by atoms with Crippen molar-refractivity contribution in [3.63, 3.8) is 0 Å². The van der Waals surface area contributed by atoms with Gasteiger partial charge < -0.3 is 14.2 Å². The van der Waals surface area contributed by atoms with E-state index in [0.717, 1.165) is 62.7 Å². The second kappa shape index (κ2) is 25.8. The fourth-order valence-corrected chi connectivity index (χ4v) is 13.0. The van der Waals surface area contributed by atoms with Crippen LogP contribution in [0.4, 0.5) is 0 Å². The van der Waals surface area contributed by atoms with E-state index in [4.69, 9.17) is 14.2 Å². The van der Waals surface area contributed by atoms with Crippen molar-refractivity contribution in [2.45, 2.75) is 153 Å². The number of hydrazone groups is 1. The average molecular weight is 917 g/mol. The molecule has 6 rings (SSSR count). The summed E-state index contributed by atoms with van der Waals surface area (Å²) in [5.41, 5.74) is 6.09. The number of thioether (sulfide) groups is 1. The second-order valence-corrected chi connectivity index (χ2v) is 20.7. The first kappa shape index (κ1) is 55.4. The topological polar surface area (TPSA) is 120 Å². The van der Waals surface area contributed by atoms with Crippen molar-refractivity contribution in [3.05, 3.63) is 71.9 Å². The minimum Gasteiger partial charge on any atom is -0.493 e. The van der Waals surface area contributed by atoms with Crippen LogP contribution < -0.4 is 14.9 Å². The molecule has 8 unspecified atom stereocenters. The summed E-state index contributed by atoms with van der Waals surface area (Å²) in [7, 11) is 3.14. The van der Waals surface area contributed by atoms with E-state index in [1.54, 1.807) is 51.3 Å². The summed E-state index contributed by atoms with van der Waals surface area (Å²) in [5, 5.41) is 3.99. The number of allylic oxidation sites excluding steroid dienone is 7. The Hall–Kier alpha value is -3.92. The van der Waals surface area contributed by atoms with E-state index >= 15 is 0 Å². The lowest BCUT2D eigenvalue weighted by Gasteiger charge is -2.65. The van der Waals surface area contributed by atoms with Gasteiger partial charge in [0.05, 0.1) is 26.2 Å². The lowest BCUT2D eigenvalue weighted by molar-refractivity contribution is -0.180.